The molecule has 6 heteroatoms. The van der Waals surface area contributed by atoms with Gasteiger partial charge in [-0.25, -0.2) is 4.98 Å². The van der Waals surface area contributed by atoms with Gasteiger partial charge in [-0.1, -0.05) is 78.9 Å². The minimum Gasteiger partial charge on any atom is -0.489 e. The molecule has 6 aromatic rings. The number of fused-ring (bicyclic) bond motifs is 1. The second-order valence-corrected chi connectivity index (χ2v) is 8.92. The summed E-state index contributed by atoms with van der Waals surface area (Å²) in [4.78, 5) is 13.7. The molecule has 0 aliphatic carbocycles. The van der Waals surface area contributed by atoms with Gasteiger partial charge in [-0.05, 0) is 52.2 Å². The maximum Gasteiger partial charge on any atom is 0.217 e. The molecule has 39 heavy (non-hydrogen) atoms. The van der Waals surface area contributed by atoms with E-state index in [4.69, 9.17) is 19.4 Å². The van der Waals surface area contributed by atoms with E-state index in [-0.39, 0.29) is 12.4 Å². The van der Waals surface area contributed by atoms with Gasteiger partial charge in [0.25, 0.3) is 0 Å². The van der Waals surface area contributed by atoms with Crippen molar-refractivity contribution in [2.75, 3.05) is 0 Å². The smallest absolute Gasteiger partial charge is 0.217 e. The van der Waals surface area contributed by atoms with E-state index in [1.165, 1.54) is 0 Å². The molecule has 4 aromatic carbocycles. The number of ether oxygens (including phenoxy) is 2. The lowest BCUT2D eigenvalue weighted by Gasteiger charge is -2.11. The highest BCUT2D eigenvalue weighted by Crippen LogP contribution is 2.29. The van der Waals surface area contributed by atoms with Crippen LogP contribution in [0.4, 0.5) is 0 Å². The fourth-order valence-corrected chi connectivity index (χ4v) is 4.21. The van der Waals surface area contributed by atoms with E-state index in [0.29, 0.717) is 24.9 Å². The average Bonchev–Trinajstić information content (AvgIpc) is 3.00. The van der Waals surface area contributed by atoms with Gasteiger partial charge >= 0.3 is 0 Å². The molecule has 5 nitrogen and oxygen atoms in total. The lowest BCUT2D eigenvalue weighted by atomic mass is 10.1. The number of pyridine rings is 1. The van der Waals surface area contributed by atoms with Gasteiger partial charge in [0.05, 0.1) is 5.69 Å². The second kappa shape index (κ2) is 12.2. The molecule has 6 rings (SSSR count). The van der Waals surface area contributed by atoms with Crippen molar-refractivity contribution in [3.05, 3.63) is 139 Å². The zero-order valence-electron chi connectivity index (χ0n) is 21.1. The second-order valence-electron chi connectivity index (χ2n) is 8.92. The SMILES string of the molecule is Cl.c1ccc(COc2cc(-c3ccccc3)nc(-c3ccc4cc(OCc5ccncc5)ccc4c3)n2)cc1. The molecule has 0 saturated carbocycles. The highest BCUT2D eigenvalue weighted by Gasteiger charge is 2.11. The highest BCUT2D eigenvalue weighted by molar-refractivity contribution is 5.87. The van der Waals surface area contributed by atoms with Gasteiger partial charge in [0.2, 0.25) is 5.88 Å². The van der Waals surface area contributed by atoms with Crippen LogP contribution in [-0.4, -0.2) is 15.0 Å². The third kappa shape index (κ3) is 6.40. The molecule has 0 atom stereocenters. The molecule has 0 saturated heterocycles. The van der Waals surface area contributed by atoms with Gasteiger partial charge in [0, 0.05) is 29.6 Å². The molecule has 0 unspecified atom stereocenters. The number of halogens is 1. The van der Waals surface area contributed by atoms with Crippen molar-refractivity contribution in [2.45, 2.75) is 13.2 Å². The van der Waals surface area contributed by atoms with Crippen molar-refractivity contribution in [3.8, 4) is 34.3 Å². The first-order valence-corrected chi connectivity index (χ1v) is 12.5. The minimum absolute atomic E-state index is 0. The van der Waals surface area contributed by atoms with Crippen LogP contribution in [0.15, 0.2) is 128 Å². The van der Waals surface area contributed by atoms with Crippen LogP contribution in [0.25, 0.3) is 33.4 Å². The largest absolute Gasteiger partial charge is 0.489 e. The highest BCUT2D eigenvalue weighted by atomic mass is 35.5. The van der Waals surface area contributed by atoms with Gasteiger partial charge in [0.15, 0.2) is 5.82 Å². The Morgan fingerprint density at radius 2 is 1.21 bits per heavy atom. The Hall–Kier alpha value is -4.74. The Balaban J connectivity index is 0.00000308. The van der Waals surface area contributed by atoms with Crippen LogP contribution < -0.4 is 9.47 Å². The summed E-state index contributed by atoms with van der Waals surface area (Å²) in [5.74, 6) is 1.98. The molecular formula is C33H26ClN3O2. The van der Waals surface area contributed by atoms with Crippen LogP contribution in [0.2, 0.25) is 0 Å². The first-order valence-electron chi connectivity index (χ1n) is 12.5. The first-order chi connectivity index (χ1) is 18.8. The number of hydrogen-bond donors (Lipinski definition) is 0. The zero-order chi connectivity index (χ0) is 25.6. The Labute approximate surface area is 233 Å². The summed E-state index contributed by atoms with van der Waals surface area (Å²) in [6.07, 6.45) is 3.54. The van der Waals surface area contributed by atoms with E-state index in [0.717, 1.165) is 44.5 Å². The van der Waals surface area contributed by atoms with Gasteiger partial charge < -0.3 is 9.47 Å². The molecule has 2 aromatic heterocycles. The van der Waals surface area contributed by atoms with E-state index in [1.807, 2.05) is 91.0 Å². The molecule has 0 aliphatic heterocycles. The number of nitrogens with zero attached hydrogens (tertiary/aromatic N) is 3. The monoisotopic (exact) mass is 531 g/mol. The fraction of sp³-hybridized carbons (Fsp3) is 0.0606. The minimum atomic E-state index is 0. The summed E-state index contributed by atoms with van der Waals surface area (Å²) < 4.78 is 12.1. The maximum atomic E-state index is 6.11. The lowest BCUT2D eigenvalue weighted by molar-refractivity contribution is 0.294. The number of hydrogen-bond acceptors (Lipinski definition) is 5. The quantitative estimate of drug-likeness (QED) is 0.199. The van der Waals surface area contributed by atoms with E-state index in [1.54, 1.807) is 12.4 Å². The van der Waals surface area contributed by atoms with E-state index >= 15 is 0 Å². The lowest BCUT2D eigenvalue weighted by Crippen LogP contribution is -2.01. The van der Waals surface area contributed by atoms with Gasteiger partial charge in [-0.3, -0.25) is 4.98 Å². The van der Waals surface area contributed by atoms with Gasteiger partial charge in [-0.2, -0.15) is 4.98 Å². The van der Waals surface area contributed by atoms with E-state index in [2.05, 4.69) is 29.2 Å². The van der Waals surface area contributed by atoms with Crippen molar-refractivity contribution in [2.24, 2.45) is 0 Å². The van der Waals surface area contributed by atoms with E-state index in [9.17, 15) is 0 Å². The molecule has 0 amide bonds. The van der Waals surface area contributed by atoms with Crippen LogP contribution in [0, 0.1) is 0 Å². The maximum absolute atomic E-state index is 6.11. The molecule has 0 spiro atoms. The number of benzene rings is 4. The Morgan fingerprint density at radius 3 is 2.00 bits per heavy atom. The normalized spacial score (nSPS) is 10.6. The molecule has 0 bridgehead atoms. The summed E-state index contributed by atoms with van der Waals surface area (Å²) >= 11 is 0. The van der Waals surface area contributed by atoms with Gasteiger partial charge in [0.1, 0.15) is 19.0 Å². The molecule has 0 N–H and O–H groups in total. The number of rotatable bonds is 8. The molecule has 0 fully saturated rings. The number of aromatic nitrogens is 3. The average molecular weight is 532 g/mol. The Kier molecular flexibility index (Phi) is 8.10. The van der Waals surface area contributed by atoms with Gasteiger partial charge in [-0.15, -0.1) is 12.4 Å². The van der Waals surface area contributed by atoms with E-state index < -0.39 is 0 Å². The fourth-order valence-electron chi connectivity index (χ4n) is 4.21. The summed E-state index contributed by atoms with van der Waals surface area (Å²) in [5, 5.41) is 2.17. The predicted molar refractivity (Wildman–Crippen MR) is 157 cm³/mol. The summed E-state index contributed by atoms with van der Waals surface area (Å²) in [7, 11) is 0. The summed E-state index contributed by atoms with van der Waals surface area (Å²) in [6.45, 7) is 0.934. The first kappa shape index (κ1) is 25.9. The molecule has 2 heterocycles. The van der Waals surface area contributed by atoms with Crippen molar-refractivity contribution in [1.29, 1.82) is 0 Å². The molecule has 0 radical (unpaired) electrons. The molecule has 0 aliphatic rings. The van der Waals surface area contributed by atoms with Crippen LogP contribution in [-0.2, 0) is 13.2 Å². The topological polar surface area (TPSA) is 57.1 Å². The zero-order valence-corrected chi connectivity index (χ0v) is 21.9. The Bertz CT molecular complexity index is 1660. The van der Waals surface area contributed by atoms with Crippen LogP contribution in [0.3, 0.4) is 0 Å². The van der Waals surface area contributed by atoms with Crippen molar-refractivity contribution in [1.82, 2.24) is 15.0 Å². The van der Waals surface area contributed by atoms with Crippen molar-refractivity contribution < 1.29 is 9.47 Å². The molecule has 192 valence electrons. The van der Waals surface area contributed by atoms with Crippen molar-refractivity contribution in [3.63, 3.8) is 0 Å². The molecular weight excluding hydrogens is 506 g/mol. The third-order valence-corrected chi connectivity index (χ3v) is 6.23. The third-order valence-electron chi connectivity index (χ3n) is 6.23. The Morgan fingerprint density at radius 1 is 0.538 bits per heavy atom. The predicted octanol–water partition coefficient (Wildman–Crippen LogP) is 7.94. The summed E-state index contributed by atoms with van der Waals surface area (Å²) in [5.41, 5.74) is 4.92. The summed E-state index contributed by atoms with van der Waals surface area (Å²) in [6, 6.07) is 38.3. The van der Waals surface area contributed by atoms with Crippen LogP contribution in [0.1, 0.15) is 11.1 Å². The van der Waals surface area contributed by atoms with Crippen molar-refractivity contribution >= 4 is 23.2 Å². The standard InChI is InChI=1S/C33H25N3O2.ClH/c1-3-7-24(8-4-1)23-38-32-21-31(26-9-5-2-6-10-26)35-33(36-32)29-12-11-28-20-30(14-13-27(28)19-29)37-22-25-15-17-34-18-16-25;/h1-21H,22-23H2;1H. The van der Waals surface area contributed by atoms with Crippen LogP contribution in [0.5, 0.6) is 11.6 Å². The van der Waals surface area contributed by atoms with Crippen LogP contribution >= 0.6 is 12.4 Å².